The van der Waals surface area contributed by atoms with Crippen LogP contribution in [0, 0.1) is 11.6 Å². The highest BCUT2D eigenvalue weighted by Crippen LogP contribution is 2.14. The summed E-state index contributed by atoms with van der Waals surface area (Å²) in [5.74, 6) is -3.02. The molecule has 1 aromatic rings. The molecule has 0 aromatic heterocycles. The monoisotopic (exact) mass is 299 g/mol. The molecule has 1 amide bonds. The van der Waals surface area contributed by atoms with E-state index in [1.165, 1.54) is 13.0 Å². The number of ether oxygens (including phenoxy) is 2. The van der Waals surface area contributed by atoms with Gasteiger partial charge in [0.2, 0.25) is 0 Å². The van der Waals surface area contributed by atoms with Crippen LogP contribution in [-0.2, 0) is 19.1 Å². The highest BCUT2D eigenvalue weighted by molar-refractivity contribution is 5.93. The van der Waals surface area contributed by atoms with Crippen LogP contribution in [0.3, 0.4) is 0 Å². The van der Waals surface area contributed by atoms with Gasteiger partial charge in [0.1, 0.15) is 11.6 Å². The molecule has 114 valence electrons. The van der Waals surface area contributed by atoms with E-state index in [1.807, 2.05) is 0 Å². The lowest BCUT2D eigenvalue weighted by Crippen LogP contribution is -2.28. The Balaban J connectivity index is 2.45. The van der Waals surface area contributed by atoms with Crippen molar-refractivity contribution in [2.45, 2.75) is 13.0 Å². The Bertz CT molecular complexity index is 534. The van der Waals surface area contributed by atoms with Gasteiger partial charge in [-0.25, -0.2) is 13.6 Å². The van der Waals surface area contributed by atoms with E-state index in [0.717, 1.165) is 18.2 Å². The van der Waals surface area contributed by atoms with E-state index in [-0.39, 0.29) is 12.3 Å². The molecule has 0 spiro atoms. The molecule has 1 N–H and O–H groups in total. The maximum Gasteiger partial charge on any atom is 0.335 e. The van der Waals surface area contributed by atoms with Gasteiger partial charge in [0, 0.05) is 6.07 Å². The Kier molecular flexibility index (Phi) is 6.48. The fourth-order valence-electron chi connectivity index (χ4n) is 1.31. The number of carbonyl (C=O) groups is 2. The van der Waals surface area contributed by atoms with Crippen molar-refractivity contribution < 1.29 is 27.8 Å². The Hall–Kier alpha value is -2.28. The van der Waals surface area contributed by atoms with Crippen LogP contribution in [0.4, 0.5) is 14.5 Å². The first-order valence-electron chi connectivity index (χ1n) is 6.08. The van der Waals surface area contributed by atoms with Gasteiger partial charge in [-0.2, -0.15) is 0 Å². The lowest BCUT2D eigenvalue weighted by molar-refractivity contribution is -0.157. The Labute approximate surface area is 120 Å². The number of amides is 1. The fraction of sp³-hybridized carbons (Fsp3) is 0.286. The molecular formula is C14H15F2NO4. The zero-order valence-corrected chi connectivity index (χ0v) is 11.4. The average molecular weight is 299 g/mol. The average Bonchev–Trinajstić information content (AvgIpc) is 2.46. The summed E-state index contributed by atoms with van der Waals surface area (Å²) in [5, 5.41) is 2.10. The Morgan fingerprint density at radius 2 is 2.14 bits per heavy atom. The molecule has 0 aliphatic rings. The second kappa shape index (κ2) is 8.11. The number of benzene rings is 1. The van der Waals surface area contributed by atoms with Crippen molar-refractivity contribution in [3.05, 3.63) is 42.5 Å². The zero-order chi connectivity index (χ0) is 15.8. The molecule has 0 fully saturated rings. The van der Waals surface area contributed by atoms with Crippen LogP contribution in [0.2, 0.25) is 0 Å². The minimum absolute atomic E-state index is 0.164. The normalized spacial score (nSPS) is 11.6. The van der Waals surface area contributed by atoms with Gasteiger partial charge in [-0.1, -0.05) is 6.08 Å². The van der Waals surface area contributed by atoms with Crippen LogP contribution >= 0.6 is 0 Å². The van der Waals surface area contributed by atoms with Crippen molar-refractivity contribution in [3.63, 3.8) is 0 Å². The summed E-state index contributed by atoms with van der Waals surface area (Å²) in [6, 6.07) is 2.62. The molecule has 1 unspecified atom stereocenters. The van der Waals surface area contributed by atoms with E-state index in [4.69, 9.17) is 4.74 Å². The first-order valence-corrected chi connectivity index (χ1v) is 6.08. The first-order chi connectivity index (χ1) is 9.93. The maximum absolute atomic E-state index is 13.3. The second-order valence-electron chi connectivity index (χ2n) is 4.04. The van der Waals surface area contributed by atoms with Gasteiger partial charge in [0.05, 0.1) is 12.3 Å². The smallest absolute Gasteiger partial charge is 0.335 e. The summed E-state index contributed by atoms with van der Waals surface area (Å²) in [7, 11) is 0. The van der Waals surface area contributed by atoms with Gasteiger partial charge in [0.25, 0.3) is 5.91 Å². The van der Waals surface area contributed by atoms with Gasteiger partial charge in [0.15, 0.2) is 12.7 Å². The molecule has 21 heavy (non-hydrogen) atoms. The van der Waals surface area contributed by atoms with Gasteiger partial charge < -0.3 is 14.8 Å². The standard InChI is InChI=1S/C14H15F2NO4/c1-3-6-20-9(2)14(19)21-8-13(18)17-12-7-10(15)4-5-11(12)16/h3-5,7,9H,1,6,8H2,2H3,(H,17,18). The summed E-state index contributed by atoms with van der Waals surface area (Å²) in [6.45, 7) is 4.41. The predicted molar refractivity (Wildman–Crippen MR) is 71.6 cm³/mol. The molecule has 1 atom stereocenters. The van der Waals surface area contributed by atoms with Crippen LogP contribution in [0.25, 0.3) is 0 Å². The van der Waals surface area contributed by atoms with Gasteiger partial charge >= 0.3 is 5.97 Å². The van der Waals surface area contributed by atoms with E-state index in [9.17, 15) is 18.4 Å². The summed E-state index contributed by atoms with van der Waals surface area (Å²) >= 11 is 0. The van der Waals surface area contributed by atoms with Gasteiger partial charge in [-0.15, -0.1) is 6.58 Å². The SMILES string of the molecule is C=CCOC(C)C(=O)OCC(=O)Nc1cc(F)ccc1F. The number of halogens is 2. The molecule has 0 aliphatic carbocycles. The van der Waals surface area contributed by atoms with Crippen LogP contribution in [0.1, 0.15) is 6.92 Å². The third-order valence-corrected chi connectivity index (χ3v) is 2.34. The van der Waals surface area contributed by atoms with Crippen molar-refractivity contribution in [2.24, 2.45) is 0 Å². The van der Waals surface area contributed by atoms with Crippen LogP contribution < -0.4 is 5.32 Å². The minimum Gasteiger partial charge on any atom is -0.454 e. The summed E-state index contributed by atoms with van der Waals surface area (Å²) in [4.78, 5) is 22.9. The molecule has 1 aromatic carbocycles. The van der Waals surface area contributed by atoms with E-state index in [2.05, 4.69) is 16.6 Å². The molecule has 0 heterocycles. The lowest BCUT2D eigenvalue weighted by atomic mass is 10.3. The number of hydrogen-bond donors (Lipinski definition) is 1. The minimum atomic E-state index is -0.860. The molecule has 5 nitrogen and oxygen atoms in total. The highest BCUT2D eigenvalue weighted by atomic mass is 19.1. The number of hydrogen-bond acceptors (Lipinski definition) is 4. The molecule has 0 bridgehead atoms. The van der Waals surface area contributed by atoms with Crippen molar-refractivity contribution in [3.8, 4) is 0 Å². The highest BCUT2D eigenvalue weighted by Gasteiger charge is 2.16. The van der Waals surface area contributed by atoms with Crippen LogP contribution in [0.5, 0.6) is 0 Å². The number of carbonyl (C=O) groups excluding carboxylic acids is 2. The van der Waals surface area contributed by atoms with Crippen molar-refractivity contribution in [2.75, 3.05) is 18.5 Å². The third-order valence-electron chi connectivity index (χ3n) is 2.34. The largest absolute Gasteiger partial charge is 0.454 e. The summed E-state index contributed by atoms with van der Waals surface area (Å²) < 4.78 is 35.9. The van der Waals surface area contributed by atoms with E-state index >= 15 is 0 Å². The van der Waals surface area contributed by atoms with E-state index < -0.39 is 36.2 Å². The molecule has 0 radical (unpaired) electrons. The molecule has 0 aliphatic heterocycles. The van der Waals surface area contributed by atoms with Crippen molar-refractivity contribution >= 4 is 17.6 Å². The van der Waals surface area contributed by atoms with Gasteiger partial charge in [-0.05, 0) is 19.1 Å². The zero-order valence-electron chi connectivity index (χ0n) is 11.4. The lowest BCUT2D eigenvalue weighted by Gasteiger charge is -2.11. The Morgan fingerprint density at radius 1 is 1.43 bits per heavy atom. The number of nitrogens with one attached hydrogen (secondary N) is 1. The molecule has 1 rings (SSSR count). The number of rotatable bonds is 7. The Morgan fingerprint density at radius 3 is 2.81 bits per heavy atom. The molecular weight excluding hydrogens is 284 g/mol. The number of esters is 1. The molecule has 0 saturated carbocycles. The van der Waals surface area contributed by atoms with E-state index in [0.29, 0.717) is 0 Å². The number of anilines is 1. The topological polar surface area (TPSA) is 64.6 Å². The van der Waals surface area contributed by atoms with Crippen LogP contribution in [0.15, 0.2) is 30.9 Å². The summed E-state index contributed by atoms with van der Waals surface area (Å²) in [6.07, 6.45) is 0.602. The van der Waals surface area contributed by atoms with Crippen molar-refractivity contribution in [1.82, 2.24) is 0 Å². The first kappa shape index (κ1) is 16.8. The fourth-order valence-corrected chi connectivity index (χ4v) is 1.31. The van der Waals surface area contributed by atoms with Gasteiger partial charge in [-0.3, -0.25) is 4.79 Å². The van der Waals surface area contributed by atoms with Crippen LogP contribution in [-0.4, -0.2) is 31.2 Å². The summed E-state index contributed by atoms with van der Waals surface area (Å²) in [5.41, 5.74) is -0.327. The molecule has 0 saturated heterocycles. The maximum atomic E-state index is 13.3. The third kappa shape index (κ3) is 5.70. The van der Waals surface area contributed by atoms with Crippen molar-refractivity contribution in [1.29, 1.82) is 0 Å². The quantitative estimate of drug-likeness (QED) is 0.618. The molecule has 7 heteroatoms. The predicted octanol–water partition coefficient (Wildman–Crippen LogP) is 2.04. The second-order valence-corrected chi connectivity index (χ2v) is 4.04. The van der Waals surface area contributed by atoms with E-state index in [1.54, 1.807) is 0 Å².